The number of hydrogen-bond donors (Lipinski definition) is 2. The summed E-state index contributed by atoms with van der Waals surface area (Å²) in [5.41, 5.74) is 5.42. The third-order valence-electron chi connectivity index (χ3n) is 4.02. The Morgan fingerprint density at radius 3 is 2.88 bits per heavy atom. The van der Waals surface area contributed by atoms with Crippen molar-refractivity contribution in [1.82, 2.24) is 10.2 Å². The Bertz CT molecular complexity index is 273. The van der Waals surface area contributed by atoms with Gasteiger partial charge in [0.2, 0.25) is 5.91 Å². The monoisotopic (exact) mass is 241 g/mol. The van der Waals surface area contributed by atoms with E-state index in [4.69, 9.17) is 10.5 Å². The fourth-order valence-corrected chi connectivity index (χ4v) is 2.51. The van der Waals surface area contributed by atoms with Crippen molar-refractivity contribution in [3.05, 3.63) is 0 Å². The van der Waals surface area contributed by atoms with Crippen LogP contribution in [0.2, 0.25) is 0 Å². The number of morpholine rings is 1. The molecular formula is C12H23N3O2. The van der Waals surface area contributed by atoms with E-state index >= 15 is 0 Å². The fraction of sp³-hybridized carbons (Fsp3) is 0.917. The van der Waals surface area contributed by atoms with Gasteiger partial charge in [0.05, 0.1) is 18.1 Å². The van der Waals surface area contributed by atoms with Crippen LogP contribution in [0.1, 0.15) is 19.3 Å². The van der Waals surface area contributed by atoms with Crippen molar-refractivity contribution in [1.29, 1.82) is 0 Å². The van der Waals surface area contributed by atoms with Crippen LogP contribution in [0.25, 0.3) is 0 Å². The van der Waals surface area contributed by atoms with Crippen LogP contribution in [0.5, 0.6) is 0 Å². The molecule has 1 heterocycles. The predicted octanol–water partition coefficient (Wildman–Crippen LogP) is -0.438. The highest BCUT2D eigenvalue weighted by Crippen LogP contribution is 2.39. The van der Waals surface area contributed by atoms with Crippen LogP contribution in [-0.2, 0) is 9.53 Å². The Hall–Kier alpha value is -0.650. The molecule has 0 radical (unpaired) electrons. The highest BCUT2D eigenvalue weighted by molar-refractivity contribution is 5.83. The minimum absolute atomic E-state index is 0.114. The summed E-state index contributed by atoms with van der Waals surface area (Å²) in [7, 11) is 2.07. The van der Waals surface area contributed by atoms with E-state index in [9.17, 15) is 4.79 Å². The van der Waals surface area contributed by atoms with E-state index < -0.39 is 0 Å². The van der Waals surface area contributed by atoms with Gasteiger partial charge < -0.3 is 20.7 Å². The minimum Gasteiger partial charge on any atom is -0.374 e. The molecule has 0 bridgehead atoms. The summed E-state index contributed by atoms with van der Waals surface area (Å²) < 4.78 is 5.61. The Morgan fingerprint density at radius 2 is 2.35 bits per heavy atom. The van der Waals surface area contributed by atoms with Crippen LogP contribution < -0.4 is 11.1 Å². The van der Waals surface area contributed by atoms with Gasteiger partial charge in [-0.3, -0.25) is 4.79 Å². The highest BCUT2D eigenvalue weighted by Gasteiger charge is 2.42. The third kappa shape index (κ3) is 2.78. The van der Waals surface area contributed by atoms with Crippen molar-refractivity contribution >= 4 is 5.91 Å². The second-order valence-corrected chi connectivity index (χ2v) is 5.30. The molecule has 98 valence electrons. The Morgan fingerprint density at radius 1 is 1.59 bits per heavy atom. The summed E-state index contributed by atoms with van der Waals surface area (Å²) in [5.74, 6) is 0.114. The zero-order valence-electron chi connectivity index (χ0n) is 10.6. The van der Waals surface area contributed by atoms with Crippen LogP contribution in [0.15, 0.2) is 0 Å². The van der Waals surface area contributed by atoms with Crippen molar-refractivity contribution in [2.24, 2.45) is 11.1 Å². The molecular weight excluding hydrogens is 218 g/mol. The molecule has 5 heteroatoms. The van der Waals surface area contributed by atoms with E-state index in [1.54, 1.807) is 0 Å². The van der Waals surface area contributed by atoms with Gasteiger partial charge in [0.15, 0.2) is 0 Å². The van der Waals surface area contributed by atoms with E-state index in [1.807, 2.05) is 0 Å². The van der Waals surface area contributed by atoms with Crippen molar-refractivity contribution in [2.45, 2.75) is 25.4 Å². The number of likely N-dealkylation sites (N-methyl/N-ethyl adjacent to an activating group) is 1. The number of rotatable bonds is 4. The second-order valence-electron chi connectivity index (χ2n) is 5.30. The topological polar surface area (TPSA) is 67.6 Å². The quantitative estimate of drug-likeness (QED) is 0.700. The zero-order valence-corrected chi connectivity index (χ0v) is 10.6. The van der Waals surface area contributed by atoms with E-state index in [0.29, 0.717) is 13.1 Å². The summed E-state index contributed by atoms with van der Waals surface area (Å²) in [6, 6.07) is 0. The van der Waals surface area contributed by atoms with Crippen LogP contribution in [0.4, 0.5) is 0 Å². The maximum atomic E-state index is 12.0. The number of ether oxygens (including phenoxy) is 1. The number of nitrogens with one attached hydrogen (secondary N) is 1. The first-order valence-corrected chi connectivity index (χ1v) is 6.45. The molecule has 5 nitrogen and oxygen atoms in total. The van der Waals surface area contributed by atoms with Gasteiger partial charge in [0, 0.05) is 26.2 Å². The molecule has 1 aliphatic heterocycles. The molecule has 3 N–H and O–H groups in total. The van der Waals surface area contributed by atoms with Crippen molar-refractivity contribution in [3.63, 3.8) is 0 Å². The smallest absolute Gasteiger partial charge is 0.227 e. The summed E-state index contributed by atoms with van der Waals surface area (Å²) in [6.45, 7) is 3.67. The van der Waals surface area contributed by atoms with Crippen LogP contribution in [0.3, 0.4) is 0 Å². The van der Waals surface area contributed by atoms with Gasteiger partial charge in [-0.2, -0.15) is 0 Å². The number of carbonyl (C=O) groups is 1. The lowest BCUT2D eigenvalue weighted by molar-refractivity contribution is -0.136. The van der Waals surface area contributed by atoms with Crippen molar-refractivity contribution in [2.75, 3.05) is 39.8 Å². The fourth-order valence-electron chi connectivity index (χ4n) is 2.51. The molecule has 1 aliphatic carbocycles. The molecule has 17 heavy (non-hydrogen) atoms. The van der Waals surface area contributed by atoms with Gasteiger partial charge in [-0.05, 0) is 19.9 Å². The molecule has 2 aliphatic rings. The Balaban J connectivity index is 1.75. The lowest BCUT2D eigenvalue weighted by atomic mass is 9.68. The molecule has 2 fully saturated rings. The third-order valence-corrected chi connectivity index (χ3v) is 4.02. The number of hydrogen-bond acceptors (Lipinski definition) is 4. The first-order valence-electron chi connectivity index (χ1n) is 6.45. The van der Waals surface area contributed by atoms with E-state index in [0.717, 1.165) is 39.0 Å². The van der Waals surface area contributed by atoms with Gasteiger partial charge in [0.1, 0.15) is 0 Å². The Kier molecular flexibility index (Phi) is 4.01. The standard InChI is InChI=1S/C12H23N3O2/c1-15-5-6-17-10(8-15)7-14-11(16)12(9-13)3-2-4-12/h10H,2-9,13H2,1H3,(H,14,16). The average Bonchev–Trinajstić information content (AvgIpc) is 2.26. The maximum Gasteiger partial charge on any atom is 0.227 e. The molecule has 1 unspecified atom stereocenters. The van der Waals surface area contributed by atoms with Gasteiger partial charge in [-0.25, -0.2) is 0 Å². The lowest BCUT2D eigenvalue weighted by Crippen LogP contribution is -2.53. The summed E-state index contributed by atoms with van der Waals surface area (Å²) in [4.78, 5) is 14.3. The number of carbonyl (C=O) groups excluding carboxylic acids is 1. The maximum absolute atomic E-state index is 12.0. The van der Waals surface area contributed by atoms with Crippen LogP contribution in [0, 0.1) is 5.41 Å². The minimum atomic E-state index is -0.277. The van der Waals surface area contributed by atoms with Gasteiger partial charge >= 0.3 is 0 Å². The Labute approximate surface area is 103 Å². The summed E-state index contributed by atoms with van der Waals surface area (Å²) >= 11 is 0. The van der Waals surface area contributed by atoms with Crippen LogP contribution in [-0.4, -0.2) is 56.7 Å². The van der Waals surface area contributed by atoms with E-state index in [-0.39, 0.29) is 17.4 Å². The highest BCUT2D eigenvalue weighted by atomic mass is 16.5. The zero-order chi connectivity index (χ0) is 12.3. The van der Waals surface area contributed by atoms with Gasteiger partial charge in [0.25, 0.3) is 0 Å². The van der Waals surface area contributed by atoms with Gasteiger partial charge in [-0.1, -0.05) is 6.42 Å². The number of nitrogens with two attached hydrogens (primary N) is 1. The second kappa shape index (κ2) is 5.33. The normalized spacial score (nSPS) is 28.5. The molecule has 0 aromatic carbocycles. The first-order chi connectivity index (χ1) is 8.16. The molecule has 1 amide bonds. The number of nitrogens with zero attached hydrogens (tertiary/aromatic N) is 1. The first kappa shape index (κ1) is 12.8. The van der Waals surface area contributed by atoms with Gasteiger partial charge in [-0.15, -0.1) is 0 Å². The SMILES string of the molecule is CN1CCOC(CNC(=O)C2(CN)CCC2)C1. The molecule has 1 saturated carbocycles. The van der Waals surface area contributed by atoms with Crippen molar-refractivity contribution in [3.8, 4) is 0 Å². The largest absolute Gasteiger partial charge is 0.374 e. The molecule has 2 rings (SSSR count). The molecule has 0 spiro atoms. The number of amides is 1. The molecule has 0 aromatic heterocycles. The van der Waals surface area contributed by atoms with Crippen LogP contribution >= 0.6 is 0 Å². The lowest BCUT2D eigenvalue weighted by Gasteiger charge is -2.39. The van der Waals surface area contributed by atoms with E-state index in [2.05, 4.69) is 17.3 Å². The average molecular weight is 241 g/mol. The molecule has 0 aromatic rings. The summed E-state index contributed by atoms with van der Waals surface area (Å²) in [5, 5.41) is 3.00. The predicted molar refractivity (Wildman–Crippen MR) is 65.6 cm³/mol. The summed E-state index contributed by atoms with van der Waals surface area (Å²) in [6.07, 6.45) is 3.10. The molecule has 1 saturated heterocycles. The van der Waals surface area contributed by atoms with E-state index in [1.165, 1.54) is 0 Å². The van der Waals surface area contributed by atoms with Crippen molar-refractivity contribution < 1.29 is 9.53 Å². The molecule has 1 atom stereocenters.